The summed E-state index contributed by atoms with van der Waals surface area (Å²) in [5.41, 5.74) is 2.61. The summed E-state index contributed by atoms with van der Waals surface area (Å²) in [6.45, 7) is 11.1. The van der Waals surface area contributed by atoms with Crippen LogP contribution >= 0.6 is 0 Å². The number of hydrogen-bond donors (Lipinski definition) is 0. The van der Waals surface area contributed by atoms with E-state index in [0.29, 0.717) is 0 Å². The Morgan fingerprint density at radius 3 is 1.35 bits per heavy atom. The van der Waals surface area contributed by atoms with E-state index in [1.54, 1.807) is 0 Å². The van der Waals surface area contributed by atoms with Crippen LogP contribution in [-0.2, 0) is 9.47 Å². The molecule has 0 aromatic heterocycles. The molecule has 1 saturated heterocycles. The van der Waals surface area contributed by atoms with E-state index in [4.69, 9.17) is 9.47 Å². The van der Waals surface area contributed by atoms with Crippen molar-refractivity contribution in [3.63, 3.8) is 0 Å². The summed E-state index contributed by atoms with van der Waals surface area (Å²) in [6, 6.07) is 8.74. The first-order chi connectivity index (χ1) is 12.7. The van der Waals surface area contributed by atoms with Gasteiger partial charge in [-0.3, -0.25) is 9.80 Å². The molecule has 0 N–H and O–H groups in total. The maximum atomic E-state index is 5.91. The molecule has 1 aromatic carbocycles. The number of hydrogen-bond acceptors (Lipinski definition) is 6. The zero-order chi connectivity index (χ0) is 18.2. The Bertz CT molecular complexity index is 483. The van der Waals surface area contributed by atoms with E-state index >= 15 is 0 Å². The normalized spacial score (nSPS) is 26.8. The molecule has 0 radical (unpaired) electrons. The lowest BCUT2D eigenvalue weighted by Gasteiger charge is -2.30. The van der Waals surface area contributed by atoms with Gasteiger partial charge < -0.3 is 19.3 Å². The van der Waals surface area contributed by atoms with Gasteiger partial charge in [0.15, 0.2) is 0 Å². The van der Waals surface area contributed by atoms with Crippen molar-refractivity contribution in [2.75, 3.05) is 103 Å². The Labute approximate surface area is 158 Å². The Balaban J connectivity index is 1.82. The van der Waals surface area contributed by atoms with Crippen LogP contribution in [0.5, 0.6) is 0 Å². The third-order valence-corrected chi connectivity index (χ3v) is 5.41. The lowest BCUT2D eigenvalue weighted by Crippen LogP contribution is -2.39. The van der Waals surface area contributed by atoms with Crippen LogP contribution in [0.4, 0.5) is 11.4 Å². The number of ether oxygens (including phenoxy) is 2. The highest BCUT2D eigenvalue weighted by Gasteiger charge is 2.15. The number of fused-ring (bicyclic) bond motifs is 12. The number of nitrogens with zero attached hydrogens (tertiary/aromatic N) is 4. The van der Waals surface area contributed by atoms with Gasteiger partial charge in [-0.15, -0.1) is 0 Å². The van der Waals surface area contributed by atoms with Crippen molar-refractivity contribution < 1.29 is 9.47 Å². The minimum absolute atomic E-state index is 0.800. The van der Waals surface area contributed by atoms with E-state index in [0.717, 1.165) is 78.8 Å². The summed E-state index contributed by atoms with van der Waals surface area (Å²) in [6.07, 6.45) is 0. The van der Waals surface area contributed by atoms with Crippen molar-refractivity contribution in [3.8, 4) is 0 Å². The topological polar surface area (TPSA) is 31.4 Å². The molecule has 0 saturated carbocycles. The Morgan fingerprint density at radius 2 is 0.962 bits per heavy atom. The van der Waals surface area contributed by atoms with Gasteiger partial charge >= 0.3 is 0 Å². The molecular formula is C20H34N4O2. The van der Waals surface area contributed by atoms with E-state index in [2.05, 4.69) is 58.0 Å². The summed E-state index contributed by atoms with van der Waals surface area (Å²) >= 11 is 0. The monoisotopic (exact) mass is 362 g/mol. The fraction of sp³-hybridized carbons (Fsp3) is 0.700. The quantitative estimate of drug-likeness (QED) is 0.690. The van der Waals surface area contributed by atoms with E-state index in [1.807, 2.05) is 0 Å². The molecule has 3 heterocycles. The van der Waals surface area contributed by atoms with E-state index in [-0.39, 0.29) is 0 Å². The first kappa shape index (κ1) is 19.4. The molecule has 0 amide bonds. The van der Waals surface area contributed by atoms with Crippen molar-refractivity contribution in [2.45, 2.75) is 0 Å². The third kappa shape index (κ3) is 5.58. The standard InChI is InChI=1S/C20H34N4O2/c1-21-7-9-23-11-15-25-17-13-24(14-18-26-16-12-23)10-8-22(2)20-6-4-3-5-19(20)21/h3-6H,7-18H2,1-2H3. The van der Waals surface area contributed by atoms with Crippen LogP contribution in [-0.4, -0.2) is 103 Å². The zero-order valence-electron chi connectivity index (χ0n) is 16.4. The molecule has 3 aliphatic heterocycles. The summed E-state index contributed by atoms with van der Waals surface area (Å²) in [4.78, 5) is 9.67. The van der Waals surface area contributed by atoms with Gasteiger partial charge in [0.05, 0.1) is 37.8 Å². The van der Waals surface area contributed by atoms with Crippen molar-refractivity contribution in [3.05, 3.63) is 24.3 Å². The lowest BCUT2D eigenvalue weighted by molar-refractivity contribution is 0.0394. The number of anilines is 2. The minimum Gasteiger partial charge on any atom is -0.379 e. The molecule has 4 rings (SSSR count). The lowest BCUT2D eigenvalue weighted by atomic mass is 10.2. The van der Waals surface area contributed by atoms with E-state index in [1.165, 1.54) is 11.4 Å². The van der Waals surface area contributed by atoms with Crippen molar-refractivity contribution in [1.82, 2.24) is 9.80 Å². The van der Waals surface area contributed by atoms with Gasteiger partial charge in [-0.25, -0.2) is 0 Å². The first-order valence-electron chi connectivity index (χ1n) is 9.85. The van der Waals surface area contributed by atoms with Gasteiger partial charge in [-0.1, -0.05) is 12.1 Å². The number of para-hydroxylation sites is 2. The number of rotatable bonds is 0. The summed E-state index contributed by atoms with van der Waals surface area (Å²) in [5, 5.41) is 0. The van der Waals surface area contributed by atoms with E-state index < -0.39 is 0 Å². The van der Waals surface area contributed by atoms with Crippen LogP contribution in [0.15, 0.2) is 24.3 Å². The van der Waals surface area contributed by atoms with Gasteiger partial charge in [0.25, 0.3) is 0 Å². The highest BCUT2D eigenvalue weighted by Crippen LogP contribution is 2.27. The Morgan fingerprint density at radius 1 is 0.577 bits per heavy atom. The Hall–Kier alpha value is -1.34. The molecule has 3 aliphatic rings. The van der Waals surface area contributed by atoms with Crippen molar-refractivity contribution in [2.24, 2.45) is 0 Å². The van der Waals surface area contributed by atoms with Crippen LogP contribution in [0.2, 0.25) is 0 Å². The molecule has 0 unspecified atom stereocenters. The fourth-order valence-corrected chi connectivity index (χ4v) is 3.58. The summed E-state index contributed by atoms with van der Waals surface area (Å²) in [7, 11) is 4.39. The molecule has 6 heteroatoms. The van der Waals surface area contributed by atoms with Crippen LogP contribution in [0.1, 0.15) is 0 Å². The summed E-state index contributed by atoms with van der Waals surface area (Å²) in [5.74, 6) is 0. The molecule has 26 heavy (non-hydrogen) atoms. The maximum Gasteiger partial charge on any atom is 0.0601 e. The first-order valence-corrected chi connectivity index (χ1v) is 9.85. The van der Waals surface area contributed by atoms with Crippen molar-refractivity contribution in [1.29, 1.82) is 0 Å². The number of benzene rings is 1. The molecule has 6 nitrogen and oxygen atoms in total. The average Bonchev–Trinajstić information content (AvgIpc) is 2.66. The average molecular weight is 363 g/mol. The molecule has 0 spiro atoms. The smallest absolute Gasteiger partial charge is 0.0601 e. The fourth-order valence-electron chi connectivity index (χ4n) is 3.58. The maximum absolute atomic E-state index is 5.91. The molecule has 0 aliphatic carbocycles. The predicted molar refractivity (Wildman–Crippen MR) is 108 cm³/mol. The third-order valence-electron chi connectivity index (χ3n) is 5.41. The molecule has 0 atom stereocenters. The van der Waals surface area contributed by atoms with Crippen LogP contribution in [0.3, 0.4) is 0 Å². The van der Waals surface area contributed by atoms with Gasteiger partial charge in [-0.2, -0.15) is 0 Å². The summed E-state index contributed by atoms with van der Waals surface area (Å²) < 4.78 is 11.8. The van der Waals surface area contributed by atoms with Gasteiger partial charge in [0.1, 0.15) is 0 Å². The minimum atomic E-state index is 0.800. The number of likely N-dealkylation sites (N-methyl/N-ethyl adjacent to an activating group) is 2. The zero-order valence-corrected chi connectivity index (χ0v) is 16.4. The molecule has 146 valence electrons. The molecule has 1 fully saturated rings. The SMILES string of the molecule is CN1CCN2CCOCCN(CCOCC2)CCN(C)c2ccccc21. The van der Waals surface area contributed by atoms with Crippen molar-refractivity contribution >= 4 is 11.4 Å². The second kappa shape index (κ2) is 10.1. The second-order valence-electron chi connectivity index (χ2n) is 7.24. The van der Waals surface area contributed by atoms with Gasteiger partial charge in [0.2, 0.25) is 0 Å². The molecule has 2 bridgehead atoms. The van der Waals surface area contributed by atoms with Crippen LogP contribution < -0.4 is 9.80 Å². The van der Waals surface area contributed by atoms with Crippen LogP contribution in [0, 0.1) is 0 Å². The van der Waals surface area contributed by atoms with Crippen LogP contribution in [0.25, 0.3) is 0 Å². The highest BCUT2D eigenvalue weighted by atomic mass is 16.5. The molecule has 1 aromatic rings. The predicted octanol–water partition coefficient (Wildman–Crippen LogP) is 1.22. The van der Waals surface area contributed by atoms with E-state index in [9.17, 15) is 0 Å². The highest BCUT2D eigenvalue weighted by molar-refractivity contribution is 5.70. The molecular weight excluding hydrogens is 328 g/mol. The van der Waals surface area contributed by atoms with Gasteiger partial charge in [-0.05, 0) is 12.1 Å². The second-order valence-corrected chi connectivity index (χ2v) is 7.24. The Kier molecular flexibility index (Phi) is 7.55. The van der Waals surface area contributed by atoms with Gasteiger partial charge in [0, 0.05) is 66.5 Å². The largest absolute Gasteiger partial charge is 0.379 e.